The summed E-state index contributed by atoms with van der Waals surface area (Å²) in [5.41, 5.74) is 5.82. The highest BCUT2D eigenvalue weighted by atomic mass is 16.5. The van der Waals surface area contributed by atoms with Crippen molar-refractivity contribution in [3.05, 3.63) is 48.5 Å². The Kier molecular flexibility index (Phi) is 6.88. The Labute approximate surface area is 191 Å². The Balaban J connectivity index is 1.66. The molecule has 0 radical (unpaired) electrons. The second-order valence-corrected chi connectivity index (χ2v) is 8.99. The summed E-state index contributed by atoms with van der Waals surface area (Å²) in [6, 6.07) is 17.0. The van der Waals surface area contributed by atoms with Crippen LogP contribution >= 0.6 is 0 Å². The highest BCUT2D eigenvalue weighted by molar-refractivity contribution is 5.79. The molecule has 6 nitrogen and oxygen atoms in total. The zero-order valence-electron chi connectivity index (χ0n) is 19.6. The number of ether oxygens (including phenoxy) is 1. The molecule has 0 saturated heterocycles. The molecule has 0 amide bonds. The van der Waals surface area contributed by atoms with Crippen molar-refractivity contribution in [1.29, 1.82) is 0 Å². The number of nitrogens with zero attached hydrogens (tertiary/aromatic N) is 5. The van der Waals surface area contributed by atoms with Crippen molar-refractivity contribution in [3.63, 3.8) is 0 Å². The summed E-state index contributed by atoms with van der Waals surface area (Å²) >= 11 is 0. The van der Waals surface area contributed by atoms with Gasteiger partial charge in [-0.05, 0) is 43.0 Å². The highest BCUT2D eigenvalue weighted by Gasteiger charge is 2.18. The van der Waals surface area contributed by atoms with Crippen molar-refractivity contribution in [1.82, 2.24) is 15.2 Å². The Bertz CT molecular complexity index is 1010. The average Bonchev–Trinajstić information content (AvgIpc) is 2.83. The molecule has 1 aromatic heterocycles. The number of aromatic nitrogens is 3. The van der Waals surface area contributed by atoms with E-state index in [1.807, 2.05) is 28.2 Å². The van der Waals surface area contributed by atoms with Crippen LogP contribution in [0.25, 0.3) is 22.5 Å². The first-order valence-corrected chi connectivity index (χ1v) is 11.4. The topological polar surface area (TPSA) is 54.4 Å². The zero-order chi connectivity index (χ0) is 22.5. The lowest BCUT2D eigenvalue weighted by Crippen LogP contribution is -2.16. The zero-order valence-corrected chi connectivity index (χ0v) is 19.6. The van der Waals surface area contributed by atoms with Gasteiger partial charge in [0.15, 0.2) is 0 Å². The molecule has 1 saturated carbocycles. The van der Waals surface area contributed by atoms with Crippen LogP contribution < -0.4 is 14.5 Å². The van der Waals surface area contributed by atoms with Gasteiger partial charge >= 0.3 is 6.01 Å². The van der Waals surface area contributed by atoms with E-state index in [4.69, 9.17) is 9.72 Å². The van der Waals surface area contributed by atoms with Gasteiger partial charge in [0.25, 0.3) is 0 Å². The normalized spacial score (nSPS) is 14.2. The van der Waals surface area contributed by atoms with Crippen LogP contribution in [0, 0.1) is 5.92 Å². The quantitative estimate of drug-likeness (QED) is 0.506. The molecule has 2 aromatic carbocycles. The first kappa shape index (κ1) is 22.1. The van der Waals surface area contributed by atoms with Gasteiger partial charge in [-0.1, -0.05) is 48.6 Å². The summed E-state index contributed by atoms with van der Waals surface area (Å²) in [7, 11) is 8.14. The van der Waals surface area contributed by atoms with Gasteiger partial charge in [-0.3, -0.25) is 0 Å². The smallest absolute Gasteiger partial charge is 0.336 e. The Morgan fingerprint density at radius 3 is 1.78 bits per heavy atom. The molecule has 0 N–H and O–H groups in total. The number of benzene rings is 2. The SMILES string of the molecule is CN(C)c1ccc(-c2nnc(OCC3CCCCC3)nc2-c2ccc(N(C)C)cc2)cc1. The maximum absolute atomic E-state index is 6.01. The van der Waals surface area contributed by atoms with Crippen LogP contribution in [0.5, 0.6) is 6.01 Å². The van der Waals surface area contributed by atoms with Gasteiger partial charge < -0.3 is 14.5 Å². The predicted molar refractivity (Wildman–Crippen MR) is 131 cm³/mol. The number of anilines is 2. The van der Waals surface area contributed by atoms with Gasteiger partial charge in [0.05, 0.1) is 6.61 Å². The second kappa shape index (κ2) is 9.98. The largest absolute Gasteiger partial charge is 0.462 e. The lowest BCUT2D eigenvalue weighted by Gasteiger charge is -2.21. The van der Waals surface area contributed by atoms with Gasteiger partial charge in [0, 0.05) is 50.7 Å². The minimum atomic E-state index is 0.357. The fraction of sp³-hybridized carbons (Fsp3) is 0.423. The van der Waals surface area contributed by atoms with Crippen LogP contribution in [0.15, 0.2) is 48.5 Å². The van der Waals surface area contributed by atoms with Gasteiger partial charge in [-0.2, -0.15) is 4.98 Å². The second-order valence-electron chi connectivity index (χ2n) is 8.99. The molecule has 1 fully saturated rings. The summed E-state index contributed by atoms with van der Waals surface area (Å²) in [5.74, 6) is 0.591. The van der Waals surface area contributed by atoms with Crippen LogP contribution in [0.2, 0.25) is 0 Å². The number of rotatable bonds is 7. The monoisotopic (exact) mass is 431 g/mol. The van der Waals surface area contributed by atoms with Crippen molar-refractivity contribution in [3.8, 4) is 28.5 Å². The van der Waals surface area contributed by atoms with Crippen LogP contribution in [-0.4, -0.2) is 50.0 Å². The minimum Gasteiger partial charge on any atom is -0.462 e. The molecule has 1 heterocycles. The Morgan fingerprint density at radius 2 is 1.25 bits per heavy atom. The molecule has 3 aromatic rings. The molecule has 0 atom stereocenters. The van der Waals surface area contributed by atoms with E-state index in [1.165, 1.54) is 32.1 Å². The average molecular weight is 432 g/mol. The highest BCUT2D eigenvalue weighted by Crippen LogP contribution is 2.32. The molecule has 6 heteroatoms. The van der Waals surface area contributed by atoms with Gasteiger partial charge in [0.1, 0.15) is 11.4 Å². The molecule has 0 aliphatic heterocycles. The van der Waals surface area contributed by atoms with E-state index in [-0.39, 0.29) is 0 Å². The van der Waals surface area contributed by atoms with E-state index in [1.54, 1.807) is 0 Å². The Morgan fingerprint density at radius 1 is 0.719 bits per heavy atom. The molecule has 1 aliphatic rings. The van der Waals surface area contributed by atoms with Crippen LogP contribution in [-0.2, 0) is 0 Å². The molecule has 1 aliphatic carbocycles. The molecule has 32 heavy (non-hydrogen) atoms. The predicted octanol–water partition coefficient (Wildman–Crippen LogP) is 5.30. The lowest BCUT2D eigenvalue weighted by atomic mass is 9.90. The van der Waals surface area contributed by atoms with Crippen LogP contribution in [0.3, 0.4) is 0 Å². The molecular weight excluding hydrogens is 398 g/mol. The van der Waals surface area contributed by atoms with E-state index in [9.17, 15) is 0 Å². The summed E-state index contributed by atoms with van der Waals surface area (Å²) in [6.07, 6.45) is 6.37. The molecule has 0 bridgehead atoms. The number of hydrogen-bond donors (Lipinski definition) is 0. The first-order chi connectivity index (χ1) is 15.5. The van der Waals surface area contributed by atoms with Gasteiger partial charge in [-0.25, -0.2) is 0 Å². The standard InChI is InChI=1S/C26H33N5O/c1-30(2)22-14-10-20(11-15-22)24-25(21-12-16-23(17-13-21)31(3)4)28-29-26(27-24)32-18-19-8-6-5-7-9-19/h10-17,19H,5-9,18H2,1-4H3. The van der Waals surface area contributed by atoms with Crippen molar-refractivity contribution >= 4 is 11.4 Å². The van der Waals surface area contributed by atoms with E-state index in [2.05, 4.69) is 68.5 Å². The molecule has 0 unspecified atom stereocenters. The maximum atomic E-state index is 6.01. The molecule has 4 rings (SSSR count). The third-order valence-electron chi connectivity index (χ3n) is 6.15. The summed E-state index contributed by atoms with van der Waals surface area (Å²) in [4.78, 5) is 8.98. The third kappa shape index (κ3) is 5.18. The third-order valence-corrected chi connectivity index (χ3v) is 6.15. The lowest BCUT2D eigenvalue weighted by molar-refractivity contribution is 0.194. The van der Waals surface area contributed by atoms with E-state index in [0.717, 1.165) is 33.9 Å². The maximum Gasteiger partial charge on any atom is 0.336 e. The van der Waals surface area contributed by atoms with E-state index in [0.29, 0.717) is 18.5 Å². The molecular formula is C26H33N5O. The first-order valence-electron chi connectivity index (χ1n) is 11.4. The summed E-state index contributed by atoms with van der Waals surface area (Å²) in [6.45, 7) is 0.664. The van der Waals surface area contributed by atoms with E-state index < -0.39 is 0 Å². The summed E-state index contributed by atoms with van der Waals surface area (Å²) in [5, 5.41) is 8.89. The Hall–Kier alpha value is -3.15. The van der Waals surface area contributed by atoms with Gasteiger partial charge in [0.2, 0.25) is 0 Å². The summed E-state index contributed by atoms with van der Waals surface area (Å²) < 4.78 is 6.01. The van der Waals surface area contributed by atoms with Crippen molar-refractivity contribution in [2.45, 2.75) is 32.1 Å². The van der Waals surface area contributed by atoms with Gasteiger partial charge in [-0.15, -0.1) is 5.10 Å². The van der Waals surface area contributed by atoms with E-state index >= 15 is 0 Å². The van der Waals surface area contributed by atoms with Crippen molar-refractivity contribution in [2.75, 3.05) is 44.6 Å². The van der Waals surface area contributed by atoms with Crippen LogP contribution in [0.4, 0.5) is 11.4 Å². The fourth-order valence-electron chi connectivity index (χ4n) is 4.15. The minimum absolute atomic E-state index is 0.357. The molecule has 168 valence electrons. The molecule has 0 spiro atoms. The number of hydrogen-bond acceptors (Lipinski definition) is 6. The fourth-order valence-corrected chi connectivity index (χ4v) is 4.15. The van der Waals surface area contributed by atoms with Crippen LogP contribution in [0.1, 0.15) is 32.1 Å². The van der Waals surface area contributed by atoms with Crippen molar-refractivity contribution in [2.24, 2.45) is 5.92 Å². The van der Waals surface area contributed by atoms with Crippen molar-refractivity contribution < 1.29 is 4.74 Å².